The van der Waals surface area contributed by atoms with Gasteiger partial charge in [0, 0.05) is 30.1 Å². The van der Waals surface area contributed by atoms with E-state index >= 15 is 0 Å². The van der Waals surface area contributed by atoms with Gasteiger partial charge in [0.15, 0.2) is 5.78 Å². The van der Waals surface area contributed by atoms with Crippen LogP contribution in [-0.2, 0) is 23.9 Å². The topological polar surface area (TPSA) is 141 Å². The number of carbonyl (C=O) groups is 4. The van der Waals surface area contributed by atoms with Gasteiger partial charge in [0.2, 0.25) is 0 Å². The van der Waals surface area contributed by atoms with Gasteiger partial charge >= 0.3 is 5.97 Å². The van der Waals surface area contributed by atoms with Crippen LogP contribution in [-0.4, -0.2) is 62.0 Å². The van der Waals surface area contributed by atoms with Gasteiger partial charge < -0.3 is 20.1 Å². The van der Waals surface area contributed by atoms with Crippen molar-refractivity contribution < 1.29 is 39.2 Å². The van der Waals surface area contributed by atoms with Crippen LogP contribution < -0.4 is 0 Å². The molecule has 1 saturated heterocycles. The van der Waals surface area contributed by atoms with Crippen LogP contribution in [0.2, 0.25) is 0 Å². The van der Waals surface area contributed by atoms with E-state index in [1.807, 2.05) is 20.8 Å². The van der Waals surface area contributed by atoms with Crippen LogP contribution in [0.25, 0.3) is 0 Å². The summed E-state index contributed by atoms with van der Waals surface area (Å²) in [6, 6.07) is 0. The zero-order valence-corrected chi connectivity index (χ0v) is 23.4. The van der Waals surface area contributed by atoms with E-state index in [4.69, 9.17) is 4.74 Å². The van der Waals surface area contributed by atoms with Gasteiger partial charge in [-0.15, -0.1) is 0 Å². The van der Waals surface area contributed by atoms with Gasteiger partial charge in [0.05, 0.1) is 29.1 Å². The number of epoxide rings is 1. The summed E-state index contributed by atoms with van der Waals surface area (Å²) in [5.41, 5.74) is -5.09. The highest BCUT2D eigenvalue weighted by Gasteiger charge is 2.85. The Hall–Kier alpha value is -2.16. The molecule has 0 amide bonds. The quantitative estimate of drug-likeness (QED) is 0.353. The number of carboxylic acids is 1. The Balaban J connectivity index is 1.57. The van der Waals surface area contributed by atoms with Crippen LogP contribution in [0.5, 0.6) is 0 Å². The fourth-order valence-electron chi connectivity index (χ4n) is 9.05. The Morgan fingerprint density at radius 1 is 1.18 bits per heavy atom. The summed E-state index contributed by atoms with van der Waals surface area (Å²) in [4.78, 5) is 51.1. The number of ketones is 3. The van der Waals surface area contributed by atoms with Crippen molar-refractivity contribution in [1.29, 1.82) is 0 Å². The molecule has 3 fully saturated rings. The second-order valence-electron chi connectivity index (χ2n) is 13.9. The van der Waals surface area contributed by atoms with Crippen LogP contribution in [0.1, 0.15) is 80.6 Å². The zero-order valence-electron chi connectivity index (χ0n) is 23.4. The molecule has 0 aromatic heterocycles. The second-order valence-corrected chi connectivity index (χ2v) is 13.9. The highest BCUT2D eigenvalue weighted by atomic mass is 16.6. The maximum atomic E-state index is 14.2. The molecule has 8 heteroatoms. The number of ether oxygens (including phenoxy) is 1. The summed E-state index contributed by atoms with van der Waals surface area (Å²) < 4.78 is 6.54. The number of Topliss-reactive ketones (excluding diaryl/α,β-unsaturated/α-hetero) is 2. The van der Waals surface area contributed by atoms with Crippen LogP contribution in [0.15, 0.2) is 23.3 Å². The number of fused-ring (bicyclic) bond motifs is 3. The van der Waals surface area contributed by atoms with Gasteiger partial charge in [0.1, 0.15) is 17.2 Å². The number of aliphatic hydroxyl groups is 2. The smallest absolute Gasteiger partial charge is 0.306 e. The van der Waals surface area contributed by atoms with Crippen LogP contribution in [0.3, 0.4) is 0 Å². The SMILES string of the molecule is C[C@@H](CC(=O)C[C@@](C)(O)C1=C[C@@H](O)[C@]2(C)[C@]1(C)C(=O)C=C1[C@]23O[C@H]3C[C@H]2C(C)(C)C(=O)CC[C@]12C)C(=O)O. The van der Waals surface area contributed by atoms with Crippen LogP contribution in [0, 0.1) is 33.5 Å². The summed E-state index contributed by atoms with van der Waals surface area (Å²) in [5, 5.41) is 32.5. The Labute approximate surface area is 223 Å². The first kappa shape index (κ1) is 27.4. The summed E-state index contributed by atoms with van der Waals surface area (Å²) in [5.74, 6) is -2.48. The van der Waals surface area contributed by atoms with E-state index in [9.17, 15) is 34.5 Å². The minimum absolute atomic E-state index is 0.00758. The average Bonchev–Trinajstić information content (AvgIpc) is 3.48. The molecule has 38 heavy (non-hydrogen) atoms. The van der Waals surface area contributed by atoms with E-state index < -0.39 is 56.6 Å². The number of rotatable bonds is 6. The van der Waals surface area contributed by atoms with Crippen molar-refractivity contribution in [2.24, 2.45) is 33.5 Å². The maximum absolute atomic E-state index is 14.2. The van der Waals surface area contributed by atoms with Gasteiger partial charge in [-0.1, -0.05) is 40.7 Å². The number of hydrogen-bond donors (Lipinski definition) is 3. The third-order valence-corrected chi connectivity index (χ3v) is 11.5. The maximum Gasteiger partial charge on any atom is 0.306 e. The lowest BCUT2D eigenvalue weighted by atomic mass is 9.40. The number of carboxylic acid groups (broad SMARTS) is 1. The Morgan fingerprint density at radius 2 is 1.82 bits per heavy atom. The number of hydrogen-bond acceptors (Lipinski definition) is 7. The molecule has 2 saturated carbocycles. The Morgan fingerprint density at radius 3 is 2.42 bits per heavy atom. The second kappa shape index (κ2) is 7.73. The molecule has 0 aromatic carbocycles. The fourth-order valence-corrected chi connectivity index (χ4v) is 9.05. The van der Waals surface area contributed by atoms with Crippen molar-refractivity contribution in [2.45, 2.75) is 104 Å². The first-order chi connectivity index (χ1) is 17.3. The molecule has 0 unspecified atom stereocenters. The van der Waals surface area contributed by atoms with Crippen LogP contribution >= 0.6 is 0 Å². The molecular formula is C30H40O8. The molecule has 0 bridgehead atoms. The molecule has 0 radical (unpaired) electrons. The van der Waals surface area contributed by atoms with E-state index in [0.717, 1.165) is 5.57 Å². The molecule has 9 atom stereocenters. The molecular weight excluding hydrogens is 488 g/mol. The van der Waals surface area contributed by atoms with Crippen molar-refractivity contribution in [2.75, 3.05) is 0 Å². The van der Waals surface area contributed by atoms with Crippen molar-refractivity contribution in [3.63, 3.8) is 0 Å². The first-order valence-electron chi connectivity index (χ1n) is 13.7. The monoisotopic (exact) mass is 528 g/mol. The minimum atomic E-state index is -1.77. The minimum Gasteiger partial charge on any atom is -0.481 e. The van der Waals surface area contributed by atoms with Crippen LogP contribution in [0.4, 0.5) is 0 Å². The molecule has 1 spiro atoms. The number of allylic oxidation sites excluding steroid dienone is 1. The normalized spacial score (nSPS) is 44.9. The third kappa shape index (κ3) is 3.02. The molecule has 5 rings (SSSR count). The standard InChI is InChI=1S/C30H40O8/c1-15(24(35)36)10-16(31)14-27(5,37)19-12-22(34)29(7)28(19,6)21(33)11-18-26(4)9-8-20(32)25(2,3)17(26)13-23-30(18,29)38-23/h11-12,15,17,22-23,34,37H,8-10,13-14H2,1-7H3,(H,35,36)/t15-,17-,22+,23-,26-,27+,28-,29+,30+/m0/s1. The summed E-state index contributed by atoms with van der Waals surface area (Å²) in [7, 11) is 0. The third-order valence-electron chi connectivity index (χ3n) is 11.5. The Bertz CT molecular complexity index is 1220. The van der Waals surface area contributed by atoms with Gasteiger partial charge in [-0.2, -0.15) is 0 Å². The van der Waals surface area contributed by atoms with Crippen molar-refractivity contribution in [3.05, 3.63) is 23.3 Å². The summed E-state index contributed by atoms with van der Waals surface area (Å²) in [6.45, 7) is 12.5. The van der Waals surface area contributed by atoms with Crippen molar-refractivity contribution >= 4 is 23.3 Å². The molecule has 5 aliphatic rings. The highest BCUT2D eigenvalue weighted by Crippen LogP contribution is 2.78. The predicted molar refractivity (Wildman–Crippen MR) is 137 cm³/mol. The van der Waals surface area contributed by atoms with Gasteiger partial charge in [-0.05, 0) is 55.2 Å². The Kier molecular flexibility index (Phi) is 5.58. The molecule has 4 aliphatic carbocycles. The molecule has 1 heterocycles. The summed E-state index contributed by atoms with van der Waals surface area (Å²) >= 11 is 0. The van der Waals surface area contributed by atoms with Gasteiger partial charge in [0.25, 0.3) is 0 Å². The van der Waals surface area contributed by atoms with E-state index in [1.165, 1.54) is 19.9 Å². The average molecular weight is 529 g/mol. The van der Waals surface area contributed by atoms with Crippen molar-refractivity contribution in [1.82, 2.24) is 0 Å². The van der Waals surface area contributed by atoms with E-state index in [1.54, 1.807) is 13.0 Å². The highest BCUT2D eigenvalue weighted by molar-refractivity contribution is 6.02. The number of aliphatic hydroxyl groups excluding tert-OH is 1. The molecule has 0 aromatic rings. The van der Waals surface area contributed by atoms with Gasteiger partial charge in [-0.25, -0.2) is 0 Å². The molecule has 208 valence electrons. The van der Waals surface area contributed by atoms with Crippen molar-refractivity contribution in [3.8, 4) is 0 Å². The van der Waals surface area contributed by atoms with E-state index in [2.05, 4.69) is 6.92 Å². The number of aliphatic carboxylic acids is 1. The van der Waals surface area contributed by atoms with Gasteiger partial charge in [-0.3, -0.25) is 19.2 Å². The molecule has 3 N–H and O–H groups in total. The predicted octanol–water partition coefficient (Wildman–Crippen LogP) is 3.18. The molecule has 1 aliphatic heterocycles. The lowest BCUT2D eigenvalue weighted by Crippen LogP contribution is -2.66. The first-order valence-corrected chi connectivity index (χ1v) is 13.7. The fraction of sp³-hybridized carbons (Fsp3) is 0.733. The van der Waals surface area contributed by atoms with E-state index in [-0.39, 0.29) is 42.0 Å². The molecule has 8 nitrogen and oxygen atoms in total. The lowest BCUT2D eigenvalue weighted by molar-refractivity contribution is -0.147. The zero-order chi connectivity index (χ0) is 28.4. The van der Waals surface area contributed by atoms with E-state index in [0.29, 0.717) is 19.3 Å². The largest absolute Gasteiger partial charge is 0.481 e. The summed E-state index contributed by atoms with van der Waals surface area (Å²) in [6.07, 6.45) is 2.80. The number of carbonyl (C=O) groups excluding carboxylic acids is 3. The lowest BCUT2D eigenvalue weighted by Gasteiger charge is -2.60.